The monoisotopic (exact) mass is 211 g/mol. The molecule has 0 saturated carbocycles. The van der Waals surface area contributed by atoms with Crippen LogP contribution in [0.4, 0.5) is 13.2 Å². The maximum atomic E-state index is 12.3. The van der Waals surface area contributed by atoms with Crippen LogP contribution in [-0.2, 0) is 9.59 Å². The second-order valence-electron chi connectivity index (χ2n) is 3.14. The van der Waals surface area contributed by atoms with Gasteiger partial charge in [-0.25, -0.2) is 0 Å². The Kier molecular flexibility index (Phi) is 2.43. The molecule has 1 amide bonds. The molecule has 1 heterocycles. The number of hydrogen-bond donors (Lipinski definition) is 1. The molecular formula is C7H8F3NO3. The summed E-state index contributed by atoms with van der Waals surface area (Å²) < 4.78 is 37.0. The minimum Gasteiger partial charge on any atom is -0.481 e. The fraction of sp³-hybridized carbons (Fsp3) is 0.714. The third kappa shape index (κ3) is 1.66. The van der Waals surface area contributed by atoms with E-state index in [4.69, 9.17) is 5.11 Å². The molecule has 80 valence electrons. The van der Waals surface area contributed by atoms with E-state index in [9.17, 15) is 22.8 Å². The summed E-state index contributed by atoms with van der Waals surface area (Å²) in [4.78, 5) is 21.8. The van der Waals surface area contributed by atoms with E-state index in [1.54, 1.807) is 0 Å². The van der Waals surface area contributed by atoms with Gasteiger partial charge in [0.25, 0.3) is 0 Å². The number of halogens is 3. The Morgan fingerprint density at radius 2 is 2.07 bits per heavy atom. The molecule has 0 radical (unpaired) electrons. The van der Waals surface area contributed by atoms with E-state index < -0.39 is 36.4 Å². The van der Waals surface area contributed by atoms with Crippen molar-refractivity contribution in [2.45, 2.75) is 18.6 Å². The summed E-state index contributed by atoms with van der Waals surface area (Å²) >= 11 is 0. The third-order valence-corrected chi connectivity index (χ3v) is 2.24. The van der Waals surface area contributed by atoms with Crippen molar-refractivity contribution in [2.75, 3.05) is 7.05 Å². The van der Waals surface area contributed by atoms with Crippen molar-refractivity contribution in [3.05, 3.63) is 0 Å². The van der Waals surface area contributed by atoms with Gasteiger partial charge >= 0.3 is 12.1 Å². The molecule has 1 rings (SSSR count). The lowest BCUT2D eigenvalue weighted by Crippen LogP contribution is -2.45. The minimum atomic E-state index is -4.69. The van der Waals surface area contributed by atoms with Crippen LogP contribution in [0.5, 0.6) is 0 Å². The average Bonchev–Trinajstić information content (AvgIpc) is 2.27. The molecule has 7 heteroatoms. The topological polar surface area (TPSA) is 57.6 Å². The fourth-order valence-corrected chi connectivity index (χ4v) is 1.54. The number of amides is 1. The van der Waals surface area contributed by atoms with Crippen LogP contribution in [0.2, 0.25) is 0 Å². The second-order valence-corrected chi connectivity index (χ2v) is 3.14. The van der Waals surface area contributed by atoms with Crippen LogP contribution in [0.1, 0.15) is 6.42 Å². The van der Waals surface area contributed by atoms with E-state index in [0.717, 1.165) is 7.05 Å². The van der Waals surface area contributed by atoms with Gasteiger partial charge in [0.2, 0.25) is 5.91 Å². The Morgan fingerprint density at radius 1 is 1.57 bits per heavy atom. The number of nitrogens with zero attached hydrogens (tertiary/aromatic N) is 1. The molecule has 0 aliphatic carbocycles. The van der Waals surface area contributed by atoms with Gasteiger partial charge in [-0.05, 0) is 0 Å². The first kappa shape index (κ1) is 10.8. The molecule has 1 fully saturated rings. The lowest BCUT2D eigenvalue weighted by Gasteiger charge is -2.25. The van der Waals surface area contributed by atoms with Gasteiger partial charge in [-0.15, -0.1) is 0 Å². The summed E-state index contributed by atoms with van der Waals surface area (Å²) in [5, 5.41) is 8.50. The highest BCUT2D eigenvalue weighted by Gasteiger charge is 2.56. The molecule has 0 spiro atoms. The Balaban J connectivity index is 2.99. The van der Waals surface area contributed by atoms with E-state index in [1.165, 1.54) is 0 Å². The van der Waals surface area contributed by atoms with Gasteiger partial charge in [-0.3, -0.25) is 9.59 Å². The SMILES string of the molecule is CN1C(=O)CC(C(=O)O)C1C(F)(F)F. The summed E-state index contributed by atoms with van der Waals surface area (Å²) in [6.07, 6.45) is -5.28. The van der Waals surface area contributed by atoms with Crippen LogP contribution in [0.3, 0.4) is 0 Å². The molecule has 2 atom stereocenters. The van der Waals surface area contributed by atoms with Crippen LogP contribution in [0, 0.1) is 5.92 Å². The largest absolute Gasteiger partial charge is 0.481 e. The zero-order chi connectivity index (χ0) is 11.1. The Labute approximate surface area is 77.3 Å². The van der Waals surface area contributed by atoms with Crippen molar-refractivity contribution in [1.82, 2.24) is 4.90 Å². The van der Waals surface area contributed by atoms with E-state index >= 15 is 0 Å². The van der Waals surface area contributed by atoms with Crippen LogP contribution in [-0.4, -0.2) is 41.1 Å². The van der Waals surface area contributed by atoms with Gasteiger partial charge in [0.1, 0.15) is 6.04 Å². The van der Waals surface area contributed by atoms with Crippen LogP contribution in [0.15, 0.2) is 0 Å². The normalized spacial score (nSPS) is 28.3. The molecule has 1 aliphatic rings. The molecule has 4 nitrogen and oxygen atoms in total. The molecular weight excluding hydrogens is 203 g/mol. The molecule has 0 aromatic carbocycles. The fourth-order valence-electron chi connectivity index (χ4n) is 1.54. The number of carbonyl (C=O) groups excluding carboxylic acids is 1. The second kappa shape index (κ2) is 3.14. The van der Waals surface area contributed by atoms with Crippen molar-refractivity contribution in [3.63, 3.8) is 0 Å². The van der Waals surface area contributed by atoms with Crippen molar-refractivity contribution < 1.29 is 27.9 Å². The zero-order valence-corrected chi connectivity index (χ0v) is 7.21. The van der Waals surface area contributed by atoms with Crippen LogP contribution >= 0.6 is 0 Å². The predicted octanol–water partition coefficient (Wildman–Crippen LogP) is 0.480. The van der Waals surface area contributed by atoms with Gasteiger partial charge in [-0.2, -0.15) is 13.2 Å². The molecule has 1 saturated heterocycles. The van der Waals surface area contributed by atoms with Crippen molar-refractivity contribution in [3.8, 4) is 0 Å². The Morgan fingerprint density at radius 3 is 2.36 bits per heavy atom. The van der Waals surface area contributed by atoms with E-state index in [-0.39, 0.29) is 0 Å². The number of carbonyl (C=O) groups is 2. The van der Waals surface area contributed by atoms with E-state index in [1.807, 2.05) is 0 Å². The summed E-state index contributed by atoms with van der Waals surface area (Å²) in [7, 11) is 0.962. The molecule has 14 heavy (non-hydrogen) atoms. The average molecular weight is 211 g/mol. The van der Waals surface area contributed by atoms with Gasteiger partial charge in [-0.1, -0.05) is 0 Å². The predicted molar refractivity (Wildman–Crippen MR) is 38.4 cm³/mol. The highest BCUT2D eigenvalue weighted by Crippen LogP contribution is 2.36. The van der Waals surface area contributed by atoms with Gasteiger partial charge < -0.3 is 10.0 Å². The summed E-state index contributed by atoms with van der Waals surface area (Å²) in [6.45, 7) is 0. The summed E-state index contributed by atoms with van der Waals surface area (Å²) in [5.41, 5.74) is 0. The maximum Gasteiger partial charge on any atom is 0.409 e. The minimum absolute atomic E-state index is 0.443. The van der Waals surface area contributed by atoms with E-state index in [0.29, 0.717) is 4.90 Å². The van der Waals surface area contributed by atoms with Gasteiger partial charge in [0, 0.05) is 13.5 Å². The first-order valence-corrected chi connectivity index (χ1v) is 3.80. The maximum absolute atomic E-state index is 12.3. The lowest BCUT2D eigenvalue weighted by molar-refractivity contribution is -0.191. The lowest BCUT2D eigenvalue weighted by atomic mass is 10.0. The van der Waals surface area contributed by atoms with Gasteiger partial charge in [0.05, 0.1) is 5.92 Å². The van der Waals surface area contributed by atoms with E-state index in [2.05, 4.69) is 0 Å². The Bertz CT molecular complexity index is 276. The zero-order valence-electron chi connectivity index (χ0n) is 7.21. The standard InChI is InChI=1S/C7H8F3NO3/c1-11-4(12)2-3(6(13)14)5(11)7(8,9)10/h3,5H,2H2,1H3,(H,13,14). The number of rotatable bonds is 1. The third-order valence-electron chi connectivity index (χ3n) is 2.24. The molecule has 0 bridgehead atoms. The quantitative estimate of drug-likeness (QED) is 0.686. The first-order chi connectivity index (χ1) is 6.25. The summed E-state index contributed by atoms with van der Waals surface area (Å²) in [5.74, 6) is -4.07. The van der Waals surface area contributed by atoms with Crippen molar-refractivity contribution in [1.29, 1.82) is 0 Å². The molecule has 0 aromatic heterocycles. The van der Waals surface area contributed by atoms with Crippen LogP contribution in [0.25, 0.3) is 0 Å². The number of aliphatic carboxylic acids is 1. The smallest absolute Gasteiger partial charge is 0.409 e. The van der Waals surface area contributed by atoms with Crippen molar-refractivity contribution in [2.24, 2.45) is 5.92 Å². The molecule has 2 unspecified atom stereocenters. The number of alkyl halides is 3. The highest BCUT2D eigenvalue weighted by molar-refractivity contribution is 5.87. The Hall–Kier alpha value is -1.27. The number of likely N-dealkylation sites (tertiary alicyclic amines) is 1. The number of hydrogen-bond acceptors (Lipinski definition) is 2. The molecule has 1 aliphatic heterocycles. The van der Waals surface area contributed by atoms with Crippen molar-refractivity contribution >= 4 is 11.9 Å². The summed E-state index contributed by atoms with van der Waals surface area (Å²) in [6, 6.07) is -2.20. The number of carboxylic acid groups (broad SMARTS) is 1. The number of carboxylic acids is 1. The van der Waals surface area contributed by atoms with Crippen LogP contribution < -0.4 is 0 Å². The highest BCUT2D eigenvalue weighted by atomic mass is 19.4. The van der Waals surface area contributed by atoms with Gasteiger partial charge in [0.15, 0.2) is 0 Å². The molecule has 1 N–H and O–H groups in total. The molecule has 0 aromatic rings. The first-order valence-electron chi connectivity index (χ1n) is 3.80.